The summed E-state index contributed by atoms with van der Waals surface area (Å²) < 4.78 is 13.0. The van der Waals surface area contributed by atoms with Gasteiger partial charge >= 0.3 is 6.09 Å². The highest BCUT2D eigenvalue weighted by molar-refractivity contribution is 5.90. The van der Waals surface area contributed by atoms with Crippen molar-refractivity contribution < 1.29 is 19.1 Å². The lowest BCUT2D eigenvalue weighted by Crippen LogP contribution is -2.33. The summed E-state index contributed by atoms with van der Waals surface area (Å²) in [4.78, 5) is 24.7. The predicted molar refractivity (Wildman–Crippen MR) is 86.7 cm³/mol. The van der Waals surface area contributed by atoms with E-state index >= 15 is 0 Å². The van der Waals surface area contributed by atoms with E-state index < -0.39 is 6.09 Å². The number of rotatable bonds is 3. The number of aromatic nitrogens is 3. The van der Waals surface area contributed by atoms with Gasteiger partial charge in [0, 0.05) is 13.0 Å². The largest absolute Gasteiger partial charge is 0.483 e. The first kappa shape index (κ1) is 15.4. The van der Waals surface area contributed by atoms with E-state index in [0.29, 0.717) is 31.1 Å². The Hall–Kier alpha value is -3.10. The molecular formula is C16H17N5O4. The number of nitrogens with zero attached hydrogens (tertiary/aromatic N) is 4. The summed E-state index contributed by atoms with van der Waals surface area (Å²) in [7, 11) is 0. The van der Waals surface area contributed by atoms with E-state index in [-0.39, 0.29) is 12.0 Å². The molecule has 1 atom stereocenters. The molecule has 2 aliphatic rings. The van der Waals surface area contributed by atoms with Gasteiger partial charge in [-0.2, -0.15) is 0 Å². The van der Waals surface area contributed by atoms with Gasteiger partial charge in [0.25, 0.3) is 0 Å². The summed E-state index contributed by atoms with van der Waals surface area (Å²) in [6.07, 6.45) is -0.813. The van der Waals surface area contributed by atoms with Crippen molar-refractivity contribution in [2.75, 3.05) is 18.0 Å². The number of benzene rings is 1. The van der Waals surface area contributed by atoms with Gasteiger partial charge < -0.3 is 14.8 Å². The number of hydrogen-bond donors (Lipinski definition) is 1. The zero-order valence-corrected chi connectivity index (χ0v) is 13.9. The molecule has 1 saturated heterocycles. The molecule has 0 aliphatic carbocycles. The monoisotopic (exact) mass is 343 g/mol. The fourth-order valence-corrected chi connectivity index (χ4v) is 3.02. The van der Waals surface area contributed by atoms with E-state index in [1.54, 1.807) is 6.07 Å². The molecule has 1 aromatic heterocycles. The molecule has 9 nitrogen and oxygen atoms in total. The highest BCUT2D eigenvalue weighted by atomic mass is 16.6. The van der Waals surface area contributed by atoms with Crippen LogP contribution in [0.3, 0.4) is 0 Å². The Labute approximate surface area is 143 Å². The molecule has 130 valence electrons. The first-order chi connectivity index (χ1) is 12.0. The molecule has 1 fully saturated rings. The van der Waals surface area contributed by atoms with E-state index in [4.69, 9.17) is 9.47 Å². The van der Waals surface area contributed by atoms with E-state index in [2.05, 4.69) is 15.5 Å². The van der Waals surface area contributed by atoms with Gasteiger partial charge in [-0.25, -0.2) is 4.79 Å². The Kier molecular flexibility index (Phi) is 3.56. The van der Waals surface area contributed by atoms with Crippen LogP contribution in [0.25, 0.3) is 5.69 Å². The molecule has 2 amide bonds. The summed E-state index contributed by atoms with van der Waals surface area (Å²) >= 11 is 0. The maximum absolute atomic E-state index is 12.1. The van der Waals surface area contributed by atoms with Crippen LogP contribution in [0.2, 0.25) is 0 Å². The molecule has 2 aliphatic heterocycles. The third kappa shape index (κ3) is 2.67. The van der Waals surface area contributed by atoms with Gasteiger partial charge in [-0.1, -0.05) is 0 Å². The second-order valence-corrected chi connectivity index (χ2v) is 5.99. The third-order valence-corrected chi connectivity index (χ3v) is 4.20. The lowest BCUT2D eigenvalue weighted by Gasteiger charge is -2.22. The van der Waals surface area contributed by atoms with Crippen molar-refractivity contribution >= 4 is 17.7 Å². The molecule has 0 unspecified atom stereocenters. The minimum atomic E-state index is -0.438. The average Bonchev–Trinajstić information content (AvgIpc) is 3.15. The molecule has 1 aromatic carbocycles. The summed E-state index contributed by atoms with van der Waals surface area (Å²) in [5, 5.41) is 10.8. The van der Waals surface area contributed by atoms with Crippen molar-refractivity contribution in [2.45, 2.75) is 26.6 Å². The standard InChI is InChI=1S/C16H17N5O4/c1-9-18-19-15-8-24-14-5-11(3-4-13(14)21(9)15)20-7-12(25-16(20)23)6-17-10(2)22/h3-5,12H,6-8H2,1-2H3,(H,17,22)/t12-/m0/s1. The summed E-state index contributed by atoms with van der Waals surface area (Å²) in [5.41, 5.74) is 1.53. The molecule has 9 heteroatoms. The maximum Gasteiger partial charge on any atom is 0.414 e. The van der Waals surface area contributed by atoms with Gasteiger partial charge in [-0.3, -0.25) is 14.3 Å². The number of cyclic esters (lactones) is 1. The van der Waals surface area contributed by atoms with Crippen LogP contribution >= 0.6 is 0 Å². The van der Waals surface area contributed by atoms with Gasteiger partial charge in [-0.05, 0) is 19.1 Å². The average molecular weight is 343 g/mol. The second-order valence-electron chi connectivity index (χ2n) is 5.99. The van der Waals surface area contributed by atoms with E-state index in [1.165, 1.54) is 11.8 Å². The van der Waals surface area contributed by atoms with Crippen LogP contribution in [0.1, 0.15) is 18.6 Å². The Morgan fingerprint density at radius 2 is 2.24 bits per heavy atom. The number of carbonyl (C=O) groups is 2. The van der Waals surface area contributed by atoms with Gasteiger partial charge in [0.2, 0.25) is 5.91 Å². The number of amides is 2. The number of ether oxygens (including phenoxy) is 2. The number of hydrogen-bond acceptors (Lipinski definition) is 6. The van der Waals surface area contributed by atoms with Crippen LogP contribution in [0.4, 0.5) is 10.5 Å². The molecule has 2 aromatic rings. The lowest BCUT2D eigenvalue weighted by atomic mass is 10.2. The van der Waals surface area contributed by atoms with Crippen LogP contribution in [0, 0.1) is 6.92 Å². The number of fused-ring (bicyclic) bond motifs is 3. The molecule has 0 radical (unpaired) electrons. The van der Waals surface area contributed by atoms with Gasteiger partial charge in [-0.15, -0.1) is 10.2 Å². The summed E-state index contributed by atoms with van der Waals surface area (Å²) in [6, 6.07) is 5.51. The molecule has 25 heavy (non-hydrogen) atoms. The number of anilines is 1. The third-order valence-electron chi connectivity index (χ3n) is 4.20. The summed E-state index contributed by atoms with van der Waals surface area (Å²) in [6.45, 7) is 4.30. The van der Waals surface area contributed by atoms with Crippen molar-refractivity contribution in [3.05, 3.63) is 29.8 Å². The zero-order chi connectivity index (χ0) is 17.6. The predicted octanol–water partition coefficient (Wildman–Crippen LogP) is 0.929. The van der Waals surface area contributed by atoms with Crippen molar-refractivity contribution in [2.24, 2.45) is 0 Å². The normalized spacial score (nSPS) is 18.2. The highest BCUT2D eigenvalue weighted by Gasteiger charge is 2.33. The quantitative estimate of drug-likeness (QED) is 0.890. The van der Waals surface area contributed by atoms with Gasteiger partial charge in [0.15, 0.2) is 5.82 Å². The fraction of sp³-hybridized carbons (Fsp3) is 0.375. The van der Waals surface area contributed by atoms with Crippen LogP contribution in [0.15, 0.2) is 18.2 Å². The molecular weight excluding hydrogens is 326 g/mol. The van der Waals surface area contributed by atoms with Crippen LogP contribution in [-0.4, -0.2) is 46.0 Å². The van der Waals surface area contributed by atoms with Crippen molar-refractivity contribution in [1.82, 2.24) is 20.1 Å². The molecule has 0 saturated carbocycles. The smallest absolute Gasteiger partial charge is 0.414 e. The first-order valence-electron chi connectivity index (χ1n) is 7.93. The Bertz CT molecular complexity index is 862. The molecule has 0 spiro atoms. The van der Waals surface area contributed by atoms with Crippen molar-refractivity contribution in [3.63, 3.8) is 0 Å². The number of nitrogens with one attached hydrogen (secondary N) is 1. The molecule has 1 N–H and O–H groups in total. The zero-order valence-electron chi connectivity index (χ0n) is 13.9. The van der Waals surface area contributed by atoms with Gasteiger partial charge in [0.05, 0.1) is 24.5 Å². The topological polar surface area (TPSA) is 98.6 Å². The summed E-state index contributed by atoms with van der Waals surface area (Å²) in [5.74, 6) is 2.03. The molecule has 3 heterocycles. The fourth-order valence-electron chi connectivity index (χ4n) is 3.02. The number of aryl methyl sites for hydroxylation is 1. The van der Waals surface area contributed by atoms with E-state index in [1.807, 2.05) is 23.6 Å². The Balaban J connectivity index is 1.58. The minimum absolute atomic E-state index is 0.156. The highest BCUT2D eigenvalue weighted by Crippen LogP contribution is 2.34. The number of carbonyl (C=O) groups excluding carboxylic acids is 2. The lowest BCUT2D eigenvalue weighted by molar-refractivity contribution is -0.119. The van der Waals surface area contributed by atoms with E-state index in [0.717, 1.165) is 17.3 Å². The first-order valence-corrected chi connectivity index (χ1v) is 7.93. The van der Waals surface area contributed by atoms with Crippen molar-refractivity contribution in [1.29, 1.82) is 0 Å². The minimum Gasteiger partial charge on any atom is -0.483 e. The second kappa shape index (κ2) is 5.76. The Morgan fingerprint density at radius 3 is 3.04 bits per heavy atom. The van der Waals surface area contributed by atoms with Crippen LogP contribution in [0.5, 0.6) is 5.75 Å². The van der Waals surface area contributed by atoms with E-state index in [9.17, 15) is 9.59 Å². The molecule has 4 rings (SSSR count). The SMILES string of the molecule is CC(=O)NC[C@H]1CN(c2ccc3c(c2)OCc2nnc(C)n2-3)C(=O)O1. The van der Waals surface area contributed by atoms with Crippen LogP contribution < -0.4 is 15.0 Å². The van der Waals surface area contributed by atoms with Crippen LogP contribution in [-0.2, 0) is 16.1 Å². The van der Waals surface area contributed by atoms with Gasteiger partial charge in [0.1, 0.15) is 24.3 Å². The van der Waals surface area contributed by atoms with Crippen molar-refractivity contribution in [3.8, 4) is 11.4 Å². The maximum atomic E-state index is 12.1. The molecule has 0 bridgehead atoms. The Morgan fingerprint density at radius 1 is 1.40 bits per heavy atom.